The minimum absolute atomic E-state index is 0.0983. The molecule has 0 radical (unpaired) electrons. The lowest BCUT2D eigenvalue weighted by Gasteiger charge is -2.14. The third-order valence-corrected chi connectivity index (χ3v) is 5.61. The average molecular weight is 392 g/mol. The van der Waals surface area contributed by atoms with Gasteiger partial charge >= 0.3 is 5.97 Å². The summed E-state index contributed by atoms with van der Waals surface area (Å²) in [6, 6.07) is 1.76. The van der Waals surface area contributed by atoms with Gasteiger partial charge in [-0.15, -0.1) is 11.3 Å². The Kier molecular flexibility index (Phi) is 4.86. The van der Waals surface area contributed by atoms with Gasteiger partial charge in [-0.1, -0.05) is 11.6 Å². The molecule has 8 heteroatoms. The minimum atomic E-state index is -0.737. The van der Waals surface area contributed by atoms with Crippen molar-refractivity contribution >= 4 is 39.1 Å². The average Bonchev–Trinajstić information content (AvgIpc) is 2.81. The zero-order chi connectivity index (χ0) is 19.2. The van der Waals surface area contributed by atoms with E-state index < -0.39 is 12.1 Å². The van der Waals surface area contributed by atoms with Gasteiger partial charge in [0.05, 0.1) is 10.9 Å². The highest BCUT2D eigenvalue weighted by molar-refractivity contribution is 7.18. The molecule has 0 aromatic carbocycles. The number of rotatable bonds is 3. The SMILES string of the molecule is Cc1cc(C)c(C(=O)O[C@@H](C)c2nc3sc(C)c(C)c3c(=O)[nH]2)c(Cl)n1. The number of nitrogens with one attached hydrogen (secondary N) is 1. The van der Waals surface area contributed by atoms with Gasteiger partial charge in [-0.2, -0.15) is 0 Å². The second-order valence-corrected chi connectivity index (χ2v) is 7.77. The number of hydrogen-bond donors (Lipinski definition) is 1. The highest BCUT2D eigenvalue weighted by Crippen LogP contribution is 2.27. The highest BCUT2D eigenvalue weighted by atomic mass is 35.5. The Morgan fingerprint density at radius 2 is 1.96 bits per heavy atom. The van der Waals surface area contributed by atoms with Crippen molar-refractivity contribution in [1.82, 2.24) is 15.0 Å². The second kappa shape index (κ2) is 6.81. The van der Waals surface area contributed by atoms with E-state index in [0.717, 1.165) is 16.1 Å². The number of carbonyl (C=O) groups is 1. The number of pyridine rings is 1. The van der Waals surface area contributed by atoms with Crippen LogP contribution < -0.4 is 5.56 Å². The summed E-state index contributed by atoms with van der Waals surface area (Å²) in [5.74, 6) is -0.306. The number of thiophene rings is 1. The molecular weight excluding hydrogens is 374 g/mol. The molecular formula is C18H18ClN3O3S. The molecule has 0 unspecified atom stereocenters. The van der Waals surface area contributed by atoms with Gasteiger partial charge in [0.25, 0.3) is 5.56 Å². The number of halogens is 1. The predicted molar refractivity (Wildman–Crippen MR) is 102 cm³/mol. The predicted octanol–water partition coefficient (Wildman–Crippen LogP) is 4.18. The first-order valence-electron chi connectivity index (χ1n) is 8.03. The lowest BCUT2D eigenvalue weighted by molar-refractivity contribution is 0.0319. The van der Waals surface area contributed by atoms with Crippen molar-refractivity contribution < 1.29 is 9.53 Å². The highest BCUT2D eigenvalue weighted by Gasteiger charge is 2.22. The van der Waals surface area contributed by atoms with Crippen LogP contribution in [0.2, 0.25) is 5.15 Å². The second-order valence-electron chi connectivity index (χ2n) is 6.21. The molecule has 0 aliphatic carbocycles. The van der Waals surface area contributed by atoms with Gasteiger partial charge in [0.15, 0.2) is 11.9 Å². The van der Waals surface area contributed by atoms with Crippen LogP contribution in [0.3, 0.4) is 0 Å². The Balaban J connectivity index is 1.93. The van der Waals surface area contributed by atoms with Crippen LogP contribution in [0.25, 0.3) is 10.2 Å². The third-order valence-electron chi connectivity index (χ3n) is 4.23. The first kappa shape index (κ1) is 18.5. The smallest absolute Gasteiger partial charge is 0.342 e. The van der Waals surface area contributed by atoms with Gasteiger partial charge in [-0.25, -0.2) is 14.8 Å². The minimum Gasteiger partial charge on any atom is -0.451 e. The van der Waals surface area contributed by atoms with Crippen molar-refractivity contribution in [2.24, 2.45) is 0 Å². The summed E-state index contributed by atoms with van der Waals surface area (Å²) < 4.78 is 5.47. The maximum Gasteiger partial charge on any atom is 0.342 e. The third kappa shape index (κ3) is 3.24. The molecule has 3 aromatic rings. The van der Waals surface area contributed by atoms with Crippen LogP contribution in [0.1, 0.15) is 50.9 Å². The van der Waals surface area contributed by atoms with Gasteiger partial charge in [-0.3, -0.25) is 4.79 Å². The molecule has 26 heavy (non-hydrogen) atoms. The lowest BCUT2D eigenvalue weighted by atomic mass is 10.1. The number of esters is 1. The summed E-state index contributed by atoms with van der Waals surface area (Å²) in [5.41, 5.74) is 2.30. The molecule has 0 aliphatic rings. The van der Waals surface area contributed by atoms with E-state index in [1.54, 1.807) is 26.8 Å². The van der Waals surface area contributed by atoms with Crippen LogP contribution in [-0.2, 0) is 4.74 Å². The van der Waals surface area contributed by atoms with E-state index in [1.165, 1.54) is 11.3 Å². The molecule has 0 amide bonds. The summed E-state index contributed by atoms with van der Waals surface area (Å²) in [6.45, 7) is 9.06. The lowest BCUT2D eigenvalue weighted by Crippen LogP contribution is -2.18. The van der Waals surface area contributed by atoms with Crippen LogP contribution in [0, 0.1) is 27.7 Å². The number of aryl methyl sites for hydroxylation is 4. The molecule has 3 heterocycles. The summed E-state index contributed by atoms with van der Waals surface area (Å²) in [6.07, 6.45) is -0.737. The number of hydrogen-bond acceptors (Lipinski definition) is 6. The molecule has 0 saturated heterocycles. The van der Waals surface area contributed by atoms with E-state index in [2.05, 4.69) is 15.0 Å². The summed E-state index contributed by atoms with van der Waals surface area (Å²) in [4.78, 5) is 37.8. The van der Waals surface area contributed by atoms with E-state index in [-0.39, 0.29) is 16.3 Å². The van der Waals surface area contributed by atoms with Crippen molar-refractivity contribution in [3.8, 4) is 0 Å². The molecule has 0 spiro atoms. The van der Waals surface area contributed by atoms with Crippen molar-refractivity contribution in [3.63, 3.8) is 0 Å². The quantitative estimate of drug-likeness (QED) is 0.534. The number of nitrogens with zero attached hydrogens (tertiary/aromatic N) is 2. The first-order chi connectivity index (χ1) is 12.2. The maximum atomic E-state index is 12.5. The Bertz CT molecular complexity index is 1060. The van der Waals surface area contributed by atoms with Gasteiger partial charge in [-0.05, 0) is 51.8 Å². The Morgan fingerprint density at radius 1 is 1.27 bits per heavy atom. The van der Waals surface area contributed by atoms with Crippen LogP contribution >= 0.6 is 22.9 Å². The summed E-state index contributed by atoms with van der Waals surface area (Å²) in [7, 11) is 0. The first-order valence-corrected chi connectivity index (χ1v) is 9.23. The number of ether oxygens (including phenoxy) is 1. The molecule has 1 N–H and O–H groups in total. The number of carbonyl (C=O) groups excluding carboxylic acids is 1. The van der Waals surface area contributed by atoms with E-state index >= 15 is 0 Å². The molecule has 0 fully saturated rings. The zero-order valence-corrected chi connectivity index (χ0v) is 16.6. The largest absolute Gasteiger partial charge is 0.451 e. The van der Waals surface area contributed by atoms with Gasteiger partial charge in [0, 0.05) is 10.6 Å². The monoisotopic (exact) mass is 391 g/mol. The van der Waals surface area contributed by atoms with Crippen LogP contribution in [0.4, 0.5) is 0 Å². The maximum absolute atomic E-state index is 12.5. The molecule has 6 nitrogen and oxygen atoms in total. The number of fused-ring (bicyclic) bond motifs is 1. The molecule has 136 valence electrons. The van der Waals surface area contributed by atoms with Gasteiger partial charge in [0.2, 0.25) is 0 Å². The summed E-state index contributed by atoms with van der Waals surface area (Å²) in [5, 5.41) is 0.678. The Hall–Kier alpha value is -2.25. The van der Waals surface area contributed by atoms with E-state index in [1.807, 2.05) is 13.8 Å². The van der Waals surface area contributed by atoms with E-state index in [4.69, 9.17) is 16.3 Å². The number of aromatic amines is 1. The van der Waals surface area contributed by atoms with Crippen LogP contribution in [0.15, 0.2) is 10.9 Å². The van der Waals surface area contributed by atoms with Gasteiger partial charge in [0.1, 0.15) is 9.98 Å². The van der Waals surface area contributed by atoms with Crippen molar-refractivity contribution in [1.29, 1.82) is 0 Å². The fraction of sp³-hybridized carbons (Fsp3) is 0.333. The fourth-order valence-electron chi connectivity index (χ4n) is 2.78. The molecule has 1 atom stereocenters. The van der Waals surface area contributed by atoms with Gasteiger partial charge < -0.3 is 9.72 Å². The standard InChI is InChI=1S/C18H18ClN3O3S/c1-7-6-8(2)20-14(19)12(7)18(24)25-10(4)15-21-16(23)13-9(3)11(5)26-17(13)22-15/h6,10H,1-5H3,(H,21,22,23)/t10-/m0/s1. The molecule has 0 aliphatic heterocycles. The Labute approximate surface area is 159 Å². The number of aromatic nitrogens is 3. The van der Waals surface area contributed by atoms with Crippen molar-refractivity contribution in [3.05, 3.63) is 54.7 Å². The molecule has 0 bridgehead atoms. The van der Waals surface area contributed by atoms with Crippen molar-refractivity contribution in [2.75, 3.05) is 0 Å². The fourth-order valence-corrected chi connectivity index (χ4v) is 4.17. The normalized spacial score (nSPS) is 12.4. The molecule has 0 saturated carbocycles. The van der Waals surface area contributed by atoms with E-state index in [9.17, 15) is 9.59 Å². The summed E-state index contributed by atoms with van der Waals surface area (Å²) >= 11 is 7.54. The zero-order valence-electron chi connectivity index (χ0n) is 15.1. The number of H-pyrrole nitrogens is 1. The van der Waals surface area contributed by atoms with Crippen LogP contribution in [-0.4, -0.2) is 20.9 Å². The molecule has 3 aromatic heterocycles. The van der Waals surface area contributed by atoms with Crippen LogP contribution in [0.5, 0.6) is 0 Å². The topological polar surface area (TPSA) is 84.9 Å². The molecule has 3 rings (SSSR count). The Morgan fingerprint density at radius 3 is 2.62 bits per heavy atom. The van der Waals surface area contributed by atoms with Crippen molar-refractivity contribution in [2.45, 2.75) is 40.7 Å². The van der Waals surface area contributed by atoms with E-state index in [0.29, 0.717) is 21.6 Å².